The van der Waals surface area contributed by atoms with Crippen LogP contribution in [0.2, 0.25) is 0 Å². The molecule has 0 bridgehead atoms. The summed E-state index contributed by atoms with van der Waals surface area (Å²) in [6, 6.07) is 11.6. The van der Waals surface area contributed by atoms with Crippen molar-refractivity contribution in [2.75, 3.05) is 81.6 Å². The van der Waals surface area contributed by atoms with Crippen LogP contribution in [0.15, 0.2) is 36.4 Å². The first kappa shape index (κ1) is 19.6. The zero-order valence-corrected chi connectivity index (χ0v) is 17.2. The summed E-state index contributed by atoms with van der Waals surface area (Å²) in [5.41, 5.74) is 2.27. The Balaban J connectivity index is 1.34. The summed E-state index contributed by atoms with van der Waals surface area (Å²) in [4.78, 5) is 21.7. The first-order valence-corrected chi connectivity index (χ1v) is 10.2. The molecule has 0 atom stereocenters. The molecule has 1 N–H and O–H groups in total. The van der Waals surface area contributed by atoms with Gasteiger partial charge in [-0.05, 0) is 50.5 Å². The third-order valence-electron chi connectivity index (χ3n) is 5.70. The molecule has 0 saturated carbocycles. The van der Waals surface area contributed by atoms with E-state index in [0.29, 0.717) is 5.69 Å². The third-order valence-corrected chi connectivity index (χ3v) is 5.70. The van der Waals surface area contributed by atoms with Gasteiger partial charge in [0.1, 0.15) is 0 Å². The van der Waals surface area contributed by atoms with Crippen molar-refractivity contribution in [1.82, 2.24) is 20.0 Å². The molecule has 1 aromatic heterocycles. The van der Waals surface area contributed by atoms with E-state index in [4.69, 9.17) is 0 Å². The number of nitrogens with zero attached hydrogens (tertiary/aromatic N) is 6. The van der Waals surface area contributed by atoms with Gasteiger partial charge in [-0.2, -0.15) is 0 Å². The molecule has 0 radical (unpaired) electrons. The Labute approximate surface area is 172 Å². The first-order chi connectivity index (χ1) is 14.1. The molecule has 2 aliphatic rings. The van der Waals surface area contributed by atoms with Crippen LogP contribution in [0.1, 0.15) is 10.5 Å². The Bertz CT molecular complexity index is 808. The fourth-order valence-electron chi connectivity index (χ4n) is 3.67. The number of hydrogen-bond donors (Lipinski definition) is 1. The van der Waals surface area contributed by atoms with Crippen molar-refractivity contribution in [3.05, 3.63) is 42.1 Å². The molecule has 8 nitrogen and oxygen atoms in total. The Morgan fingerprint density at radius 2 is 1.34 bits per heavy atom. The monoisotopic (exact) mass is 395 g/mol. The molecule has 8 heteroatoms. The lowest BCUT2D eigenvalue weighted by Crippen LogP contribution is -2.44. The highest BCUT2D eigenvalue weighted by atomic mass is 16.1. The average molecular weight is 396 g/mol. The zero-order chi connectivity index (χ0) is 20.2. The number of piperazine rings is 2. The van der Waals surface area contributed by atoms with Crippen molar-refractivity contribution >= 4 is 23.1 Å². The lowest BCUT2D eigenvalue weighted by Gasteiger charge is -2.34. The second kappa shape index (κ2) is 8.75. The summed E-state index contributed by atoms with van der Waals surface area (Å²) in [6.45, 7) is 8.06. The van der Waals surface area contributed by atoms with Crippen molar-refractivity contribution in [1.29, 1.82) is 0 Å². The van der Waals surface area contributed by atoms with Gasteiger partial charge >= 0.3 is 0 Å². The van der Waals surface area contributed by atoms with Crippen LogP contribution < -0.4 is 15.1 Å². The summed E-state index contributed by atoms with van der Waals surface area (Å²) in [6.07, 6.45) is 0. The highest BCUT2D eigenvalue weighted by Gasteiger charge is 2.17. The van der Waals surface area contributed by atoms with Crippen LogP contribution in [0, 0.1) is 0 Å². The summed E-state index contributed by atoms with van der Waals surface area (Å²) in [5.74, 6) is 0.584. The van der Waals surface area contributed by atoms with Crippen LogP contribution in [0.3, 0.4) is 0 Å². The van der Waals surface area contributed by atoms with Gasteiger partial charge in [0.25, 0.3) is 5.91 Å². The highest BCUT2D eigenvalue weighted by molar-refractivity contribution is 6.02. The Kier molecular flexibility index (Phi) is 5.92. The molecule has 29 heavy (non-hydrogen) atoms. The molecule has 1 aromatic carbocycles. The van der Waals surface area contributed by atoms with E-state index in [1.54, 1.807) is 6.07 Å². The number of hydrogen-bond acceptors (Lipinski definition) is 7. The predicted molar refractivity (Wildman–Crippen MR) is 116 cm³/mol. The zero-order valence-electron chi connectivity index (χ0n) is 17.2. The van der Waals surface area contributed by atoms with Gasteiger partial charge in [-0.15, -0.1) is 10.2 Å². The fraction of sp³-hybridized carbons (Fsp3) is 0.476. The van der Waals surface area contributed by atoms with Crippen molar-refractivity contribution in [3.63, 3.8) is 0 Å². The second-order valence-corrected chi connectivity index (χ2v) is 7.86. The van der Waals surface area contributed by atoms with Gasteiger partial charge in [-0.25, -0.2) is 0 Å². The van der Waals surface area contributed by atoms with Gasteiger partial charge < -0.3 is 24.9 Å². The van der Waals surface area contributed by atoms with E-state index in [0.717, 1.165) is 63.9 Å². The van der Waals surface area contributed by atoms with E-state index in [-0.39, 0.29) is 5.91 Å². The molecule has 3 heterocycles. The van der Waals surface area contributed by atoms with Crippen LogP contribution in [0.5, 0.6) is 0 Å². The number of nitrogens with one attached hydrogen (secondary N) is 1. The maximum Gasteiger partial charge on any atom is 0.276 e. The van der Waals surface area contributed by atoms with E-state index >= 15 is 0 Å². The molecule has 4 rings (SSSR count). The van der Waals surface area contributed by atoms with Gasteiger partial charge in [0.15, 0.2) is 11.5 Å². The molecule has 2 fully saturated rings. The number of carbonyl (C=O) groups is 1. The third kappa shape index (κ3) is 4.83. The molecule has 1 amide bonds. The quantitative estimate of drug-likeness (QED) is 0.835. The summed E-state index contributed by atoms with van der Waals surface area (Å²) in [5, 5.41) is 11.3. The predicted octanol–water partition coefficient (Wildman–Crippen LogP) is 1.23. The smallest absolute Gasteiger partial charge is 0.276 e. The normalized spacial score (nSPS) is 18.7. The summed E-state index contributed by atoms with van der Waals surface area (Å²) >= 11 is 0. The van der Waals surface area contributed by atoms with Crippen LogP contribution in [-0.4, -0.2) is 92.4 Å². The Morgan fingerprint density at radius 1 is 0.759 bits per heavy atom. The van der Waals surface area contributed by atoms with Crippen LogP contribution in [0.4, 0.5) is 17.2 Å². The number of carbonyl (C=O) groups excluding carboxylic acids is 1. The molecule has 2 aliphatic heterocycles. The number of likely N-dealkylation sites (N-methyl/N-ethyl adjacent to an activating group) is 2. The first-order valence-electron chi connectivity index (χ1n) is 10.2. The van der Waals surface area contributed by atoms with E-state index in [9.17, 15) is 4.79 Å². The van der Waals surface area contributed by atoms with Crippen LogP contribution in [0.25, 0.3) is 0 Å². The minimum Gasteiger partial charge on any atom is -0.369 e. The van der Waals surface area contributed by atoms with Gasteiger partial charge in [0, 0.05) is 63.7 Å². The van der Waals surface area contributed by atoms with Gasteiger partial charge in [-0.1, -0.05) is 0 Å². The molecule has 0 aliphatic carbocycles. The molecule has 154 valence electrons. The summed E-state index contributed by atoms with van der Waals surface area (Å²) < 4.78 is 0. The molecular weight excluding hydrogens is 366 g/mol. The van der Waals surface area contributed by atoms with E-state index in [1.165, 1.54) is 5.69 Å². The van der Waals surface area contributed by atoms with Gasteiger partial charge in [-0.3, -0.25) is 4.79 Å². The fourth-order valence-corrected chi connectivity index (χ4v) is 3.67. The lowest BCUT2D eigenvalue weighted by atomic mass is 10.2. The van der Waals surface area contributed by atoms with Gasteiger partial charge in [0.2, 0.25) is 0 Å². The highest BCUT2D eigenvalue weighted by Crippen LogP contribution is 2.20. The van der Waals surface area contributed by atoms with E-state index in [2.05, 4.69) is 61.3 Å². The SMILES string of the molecule is CN1CCN(c2ccc(NC(=O)c3ccc(N4CCN(C)CC4)nn3)cc2)CC1. The average Bonchev–Trinajstić information content (AvgIpc) is 2.76. The Hall–Kier alpha value is -2.71. The van der Waals surface area contributed by atoms with Crippen molar-refractivity contribution < 1.29 is 4.79 Å². The van der Waals surface area contributed by atoms with Crippen molar-refractivity contribution in [3.8, 4) is 0 Å². The molecule has 2 aromatic rings. The maximum atomic E-state index is 12.5. The number of amides is 1. The minimum atomic E-state index is -0.241. The number of anilines is 3. The van der Waals surface area contributed by atoms with Crippen LogP contribution >= 0.6 is 0 Å². The minimum absolute atomic E-state index is 0.241. The largest absolute Gasteiger partial charge is 0.369 e. The van der Waals surface area contributed by atoms with Crippen molar-refractivity contribution in [2.24, 2.45) is 0 Å². The maximum absolute atomic E-state index is 12.5. The van der Waals surface area contributed by atoms with Crippen molar-refractivity contribution in [2.45, 2.75) is 0 Å². The number of rotatable bonds is 4. The number of benzene rings is 1. The standard InChI is InChI=1S/C21H29N7O/c1-25-9-13-27(14-10-25)18-5-3-17(4-6-18)22-21(29)19-7-8-20(24-23-19)28-15-11-26(2)12-16-28/h3-8H,9-16H2,1-2H3,(H,22,29). The summed E-state index contributed by atoms with van der Waals surface area (Å²) in [7, 11) is 4.27. The molecule has 0 spiro atoms. The van der Waals surface area contributed by atoms with Gasteiger partial charge in [0.05, 0.1) is 0 Å². The number of aromatic nitrogens is 2. The topological polar surface area (TPSA) is 67.8 Å². The second-order valence-electron chi connectivity index (χ2n) is 7.86. The molecule has 2 saturated heterocycles. The Morgan fingerprint density at radius 3 is 1.90 bits per heavy atom. The molecular formula is C21H29N7O. The lowest BCUT2D eigenvalue weighted by molar-refractivity contribution is 0.102. The van der Waals surface area contributed by atoms with E-state index < -0.39 is 0 Å². The molecule has 0 unspecified atom stereocenters. The van der Waals surface area contributed by atoms with Crippen LogP contribution in [-0.2, 0) is 0 Å². The van der Waals surface area contributed by atoms with E-state index in [1.807, 2.05) is 18.2 Å².